The van der Waals surface area contributed by atoms with E-state index < -0.39 is 12.1 Å². The van der Waals surface area contributed by atoms with Gasteiger partial charge in [0.25, 0.3) is 0 Å². The quantitative estimate of drug-likeness (QED) is 0.330. The zero-order valence-corrected chi connectivity index (χ0v) is 19.8. The number of aliphatic carboxylic acids is 1. The molecule has 1 aromatic carbocycles. The summed E-state index contributed by atoms with van der Waals surface area (Å²) in [5.74, 6) is -0.300. The summed E-state index contributed by atoms with van der Waals surface area (Å²) in [5, 5.41) is 12.2. The highest BCUT2D eigenvalue weighted by Gasteiger charge is 2.18. The Kier molecular flexibility index (Phi) is 14.9. The van der Waals surface area contributed by atoms with Gasteiger partial charge in [0.2, 0.25) is 0 Å². The highest BCUT2D eigenvalue weighted by molar-refractivity contribution is 5.74. The van der Waals surface area contributed by atoms with Gasteiger partial charge in [0.1, 0.15) is 12.4 Å². The van der Waals surface area contributed by atoms with E-state index in [-0.39, 0.29) is 6.03 Å². The van der Waals surface area contributed by atoms with E-state index in [1.165, 1.54) is 0 Å². The number of unbranched alkanes of at least 4 members (excludes halogenated alkanes) is 2. The van der Waals surface area contributed by atoms with Crippen molar-refractivity contribution in [1.82, 2.24) is 10.2 Å². The summed E-state index contributed by atoms with van der Waals surface area (Å²) in [6.07, 6.45) is 3.51. The lowest BCUT2D eigenvalue weighted by molar-refractivity contribution is -0.149. The smallest absolute Gasteiger partial charge is 0.333 e. The van der Waals surface area contributed by atoms with Gasteiger partial charge in [-0.25, -0.2) is 9.59 Å². The Morgan fingerprint density at radius 1 is 1.00 bits per heavy atom. The first-order chi connectivity index (χ1) is 15.5. The molecule has 8 heteroatoms. The van der Waals surface area contributed by atoms with Crippen LogP contribution in [0.1, 0.15) is 52.0 Å². The second-order valence-electron chi connectivity index (χ2n) is 7.52. The molecule has 1 unspecified atom stereocenters. The molecule has 1 atom stereocenters. The third-order valence-electron chi connectivity index (χ3n) is 4.86. The van der Waals surface area contributed by atoms with Crippen LogP contribution in [0.25, 0.3) is 0 Å². The summed E-state index contributed by atoms with van der Waals surface area (Å²) in [6, 6.07) is 7.17. The van der Waals surface area contributed by atoms with Crippen molar-refractivity contribution < 1.29 is 28.9 Å². The number of nitrogens with zero attached hydrogens (tertiary/aromatic N) is 1. The van der Waals surface area contributed by atoms with Crippen molar-refractivity contribution in [1.29, 1.82) is 0 Å². The fourth-order valence-electron chi connectivity index (χ4n) is 2.95. The Balaban J connectivity index is 2.52. The highest BCUT2D eigenvalue weighted by Crippen LogP contribution is 2.14. The van der Waals surface area contributed by atoms with Gasteiger partial charge in [-0.05, 0) is 37.5 Å². The number of carboxylic acids is 1. The van der Waals surface area contributed by atoms with Crippen LogP contribution in [-0.2, 0) is 20.7 Å². The van der Waals surface area contributed by atoms with Crippen LogP contribution in [0.3, 0.4) is 0 Å². The zero-order valence-electron chi connectivity index (χ0n) is 19.8. The molecule has 0 bridgehead atoms. The van der Waals surface area contributed by atoms with E-state index >= 15 is 0 Å². The Morgan fingerprint density at radius 3 is 2.31 bits per heavy atom. The van der Waals surface area contributed by atoms with Gasteiger partial charge in [0.05, 0.1) is 13.2 Å². The second-order valence-corrected chi connectivity index (χ2v) is 7.52. The number of hydrogen-bond donors (Lipinski definition) is 2. The van der Waals surface area contributed by atoms with E-state index in [1.807, 2.05) is 12.1 Å². The molecule has 2 amide bonds. The number of benzene rings is 1. The van der Waals surface area contributed by atoms with Crippen molar-refractivity contribution in [2.24, 2.45) is 0 Å². The molecule has 0 saturated carbocycles. The van der Waals surface area contributed by atoms with E-state index in [9.17, 15) is 14.7 Å². The van der Waals surface area contributed by atoms with Gasteiger partial charge in [-0.15, -0.1) is 0 Å². The Morgan fingerprint density at radius 2 is 1.69 bits per heavy atom. The summed E-state index contributed by atoms with van der Waals surface area (Å²) in [7, 11) is 0. The van der Waals surface area contributed by atoms with Crippen LogP contribution in [0.2, 0.25) is 0 Å². The van der Waals surface area contributed by atoms with E-state index in [1.54, 1.807) is 24.0 Å². The molecule has 2 N–H and O–H groups in total. The summed E-state index contributed by atoms with van der Waals surface area (Å²) in [5.41, 5.74) is 0.861. The van der Waals surface area contributed by atoms with Gasteiger partial charge in [-0.1, -0.05) is 38.8 Å². The highest BCUT2D eigenvalue weighted by atomic mass is 16.5. The fraction of sp³-hybridized carbons (Fsp3) is 0.667. The maximum absolute atomic E-state index is 12.5. The summed E-state index contributed by atoms with van der Waals surface area (Å²) in [6.45, 7) is 9.50. The van der Waals surface area contributed by atoms with Crippen LogP contribution >= 0.6 is 0 Å². The van der Waals surface area contributed by atoms with Crippen molar-refractivity contribution in [2.75, 3.05) is 46.1 Å². The molecular weight excluding hydrogens is 412 g/mol. The molecule has 0 heterocycles. The number of carbonyl (C=O) groups excluding carboxylic acids is 1. The Hall–Kier alpha value is -2.32. The van der Waals surface area contributed by atoms with Crippen molar-refractivity contribution in [3.05, 3.63) is 29.8 Å². The summed E-state index contributed by atoms with van der Waals surface area (Å²) >= 11 is 0. The minimum atomic E-state index is -0.969. The number of rotatable bonds is 18. The first-order valence-corrected chi connectivity index (χ1v) is 11.7. The van der Waals surface area contributed by atoms with E-state index in [2.05, 4.69) is 19.2 Å². The number of amides is 2. The van der Waals surface area contributed by atoms with E-state index in [4.69, 9.17) is 14.2 Å². The van der Waals surface area contributed by atoms with Gasteiger partial charge in [0, 0.05) is 32.7 Å². The maximum Gasteiger partial charge on any atom is 0.333 e. The normalized spacial score (nSPS) is 11.7. The number of carboxylic acid groups (broad SMARTS) is 1. The standard InChI is InChI=1S/C24H40N2O6/c1-4-7-13-25-24(29)26(14-17-30-16-8-5-2)15-18-32-21-11-9-20(10-12-21)19-22(23(27)28)31-6-3/h9-12,22H,4-8,13-19H2,1-3H3,(H,25,29)(H,27,28). The second kappa shape index (κ2) is 17.3. The Labute approximate surface area is 192 Å². The lowest BCUT2D eigenvalue weighted by atomic mass is 10.1. The molecule has 0 aromatic heterocycles. The molecule has 1 aromatic rings. The first kappa shape index (κ1) is 27.7. The van der Waals surface area contributed by atoms with Crippen molar-refractivity contribution in [2.45, 2.75) is 59.0 Å². The maximum atomic E-state index is 12.5. The lowest BCUT2D eigenvalue weighted by Gasteiger charge is -2.23. The minimum Gasteiger partial charge on any atom is -0.492 e. The molecule has 0 saturated heterocycles. The molecule has 0 spiro atoms. The SMILES string of the molecule is CCCCNC(=O)N(CCOCCCC)CCOc1ccc(CC(OCC)C(=O)O)cc1. The molecule has 0 aliphatic heterocycles. The van der Waals surface area contributed by atoms with Crippen molar-refractivity contribution in [3.63, 3.8) is 0 Å². The number of urea groups is 1. The molecule has 0 aliphatic carbocycles. The van der Waals surface area contributed by atoms with E-state index in [0.717, 1.165) is 31.2 Å². The van der Waals surface area contributed by atoms with Crippen molar-refractivity contribution in [3.8, 4) is 5.75 Å². The van der Waals surface area contributed by atoms with Crippen LogP contribution in [0.4, 0.5) is 4.79 Å². The molecule has 1 rings (SSSR count). The van der Waals surface area contributed by atoms with Gasteiger partial charge < -0.3 is 29.5 Å². The largest absolute Gasteiger partial charge is 0.492 e. The average molecular weight is 453 g/mol. The zero-order chi connectivity index (χ0) is 23.6. The average Bonchev–Trinajstić information content (AvgIpc) is 2.78. The van der Waals surface area contributed by atoms with Crippen LogP contribution in [0, 0.1) is 0 Å². The van der Waals surface area contributed by atoms with Crippen LogP contribution < -0.4 is 10.1 Å². The first-order valence-electron chi connectivity index (χ1n) is 11.7. The Bertz CT molecular complexity index is 638. The number of nitrogens with one attached hydrogen (secondary N) is 1. The van der Waals surface area contributed by atoms with Gasteiger partial charge in [-0.2, -0.15) is 0 Å². The molecule has 0 fully saturated rings. The van der Waals surface area contributed by atoms with Gasteiger partial charge in [-0.3, -0.25) is 0 Å². The molecule has 0 aliphatic rings. The number of carbonyl (C=O) groups is 2. The lowest BCUT2D eigenvalue weighted by Crippen LogP contribution is -2.44. The minimum absolute atomic E-state index is 0.105. The van der Waals surface area contributed by atoms with Crippen LogP contribution in [-0.4, -0.2) is 74.2 Å². The third-order valence-corrected chi connectivity index (χ3v) is 4.86. The van der Waals surface area contributed by atoms with Crippen LogP contribution in [0.5, 0.6) is 5.75 Å². The van der Waals surface area contributed by atoms with Crippen molar-refractivity contribution >= 4 is 12.0 Å². The predicted molar refractivity (Wildman–Crippen MR) is 124 cm³/mol. The molecule has 32 heavy (non-hydrogen) atoms. The summed E-state index contributed by atoms with van der Waals surface area (Å²) in [4.78, 5) is 25.4. The van der Waals surface area contributed by atoms with Gasteiger partial charge in [0.15, 0.2) is 6.10 Å². The fourth-order valence-corrected chi connectivity index (χ4v) is 2.95. The number of hydrogen-bond acceptors (Lipinski definition) is 5. The van der Waals surface area contributed by atoms with Gasteiger partial charge >= 0.3 is 12.0 Å². The third kappa shape index (κ3) is 11.9. The molecule has 182 valence electrons. The topological polar surface area (TPSA) is 97.3 Å². The van der Waals surface area contributed by atoms with Crippen LogP contribution in [0.15, 0.2) is 24.3 Å². The number of ether oxygens (including phenoxy) is 3. The predicted octanol–water partition coefficient (Wildman–Crippen LogP) is 3.73. The molecule has 8 nitrogen and oxygen atoms in total. The van der Waals surface area contributed by atoms with E-state index in [0.29, 0.717) is 58.2 Å². The monoisotopic (exact) mass is 452 g/mol. The molecule has 0 radical (unpaired) electrons. The molecular formula is C24H40N2O6. The summed E-state index contributed by atoms with van der Waals surface area (Å²) < 4.78 is 16.7.